The lowest BCUT2D eigenvalue weighted by atomic mass is 9.97. The van der Waals surface area contributed by atoms with Crippen molar-refractivity contribution in [1.29, 1.82) is 0 Å². The monoisotopic (exact) mass is 375 g/mol. The molecule has 1 aliphatic heterocycles. The Morgan fingerprint density at radius 2 is 2.08 bits per heavy atom. The first-order chi connectivity index (χ1) is 12.6. The molecule has 0 radical (unpaired) electrons. The van der Waals surface area contributed by atoms with Gasteiger partial charge in [0.2, 0.25) is 0 Å². The van der Waals surface area contributed by atoms with Crippen LogP contribution in [-0.4, -0.2) is 32.2 Å². The molecule has 0 saturated heterocycles. The normalized spacial score (nSPS) is 15.4. The third-order valence-electron chi connectivity index (χ3n) is 3.99. The largest absolute Gasteiger partial charge is 0.495 e. The van der Waals surface area contributed by atoms with E-state index in [-0.39, 0.29) is 13.2 Å². The van der Waals surface area contributed by atoms with Crippen molar-refractivity contribution < 1.29 is 23.8 Å². The summed E-state index contributed by atoms with van der Waals surface area (Å²) in [6.45, 7) is -0.169. The summed E-state index contributed by atoms with van der Waals surface area (Å²) >= 11 is 5.97. The van der Waals surface area contributed by atoms with Gasteiger partial charge in [-0.2, -0.15) is 0 Å². The Morgan fingerprint density at radius 3 is 2.88 bits per heavy atom. The van der Waals surface area contributed by atoms with Crippen molar-refractivity contribution in [1.82, 2.24) is 0 Å². The second-order valence-electron chi connectivity index (χ2n) is 5.82. The Kier molecular flexibility index (Phi) is 5.63. The summed E-state index contributed by atoms with van der Waals surface area (Å²) in [5.41, 5.74) is 1.37. The van der Waals surface area contributed by atoms with Crippen LogP contribution in [0.4, 0.5) is 5.69 Å². The first-order valence-corrected chi connectivity index (χ1v) is 8.45. The maximum Gasteiger partial charge on any atom is 0.313 e. The molecule has 0 unspecified atom stereocenters. The first kappa shape index (κ1) is 18.1. The predicted octanol–water partition coefficient (Wildman–Crippen LogP) is 3.08. The number of amides is 1. The summed E-state index contributed by atoms with van der Waals surface area (Å²) in [7, 11) is 1.51. The number of rotatable bonds is 5. The zero-order chi connectivity index (χ0) is 18.5. The van der Waals surface area contributed by atoms with Crippen molar-refractivity contribution in [3.63, 3.8) is 0 Å². The molecule has 1 N–H and O–H groups in total. The molecule has 1 atom stereocenters. The third-order valence-corrected chi connectivity index (χ3v) is 4.22. The van der Waals surface area contributed by atoms with Gasteiger partial charge < -0.3 is 19.5 Å². The quantitative estimate of drug-likeness (QED) is 0.813. The number of ether oxygens (including phenoxy) is 3. The van der Waals surface area contributed by atoms with E-state index in [1.54, 1.807) is 42.5 Å². The topological polar surface area (TPSA) is 73.9 Å². The molecule has 0 aliphatic carbocycles. The molecule has 7 heteroatoms. The van der Waals surface area contributed by atoms with E-state index < -0.39 is 17.8 Å². The van der Waals surface area contributed by atoms with E-state index in [0.717, 1.165) is 5.56 Å². The van der Waals surface area contributed by atoms with Crippen LogP contribution < -0.4 is 14.8 Å². The van der Waals surface area contributed by atoms with Gasteiger partial charge in [0.1, 0.15) is 18.1 Å². The molecule has 6 nitrogen and oxygen atoms in total. The number of carbonyl (C=O) groups is 2. The lowest BCUT2D eigenvalue weighted by molar-refractivity contribution is -0.152. The Hall–Kier alpha value is -2.73. The van der Waals surface area contributed by atoms with Crippen LogP contribution in [0.3, 0.4) is 0 Å². The highest BCUT2D eigenvalue weighted by molar-refractivity contribution is 6.30. The van der Waals surface area contributed by atoms with Gasteiger partial charge in [-0.15, -0.1) is 0 Å². The fraction of sp³-hybridized carbons (Fsp3) is 0.263. The van der Waals surface area contributed by atoms with Crippen LogP contribution in [0.2, 0.25) is 5.02 Å². The number of carbonyl (C=O) groups excluding carboxylic acids is 2. The Labute approximate surface area is 156 Å². The maximum atomic E-state index is 12.2. The molecule has 3 rings (SSSR count). The fourth-order valence-electron chi connectivity index (χ4n) is 2.70. The van der Waals surface area contributed by atoms with Gasteiger partial charge in [0.05, 0.1) is 18.7 Å². The molecule has 2 aromatic rings. The van der Waals surface area contributed by atoms with Crippen molar-refractivity contribution in [3.05, 3.63) is 53.1 Å². The average Bonchev–Trinajstić information content (AvgIpc) is 2.66. The third kappa shape index (κ3) is 4.26. The fourth-order valence-corrected chi connectivity index (χ4v) is 2.90. The SMILES string of the molecule is COc1ccccc1NC(=O)COC(=O)[C@@H]1COc2ccc(Cl)cc2C1. The molecular formula is C19H18ClNO5. The molecule has 1 heterocycles. The molecule has 0 aromatic heterocycles. The number of benzene rings is 2. The predicted molar refractivity (Wildman–Crippen MR) is 96.7 cm³/mol. The second kappa shape index (κ2) is 8.10. The van der Waals surface area contributed by atoms with Crippen LogP contribution >= 0.6 is 11.6 Å². The van der Waals surface area contributed by atoms with Gasteiger partial charge in [-0.05, 0) is 42.3 Å². The maximum absolute atomic E-state index is 12.2. The van der Waals surface area contributed by atoms with Crippen molar-refractivity contribution in [2.24, 2.45) is 5.92 Å². The molecule has 1 amide bonds. The molecule has 1 aliphatic rings. The zero-order valence-electron chi connectivity index (χ0n) is 14.2. The van der Waals surface area contributed by atoms with E-state index in [2.05, 4.69) is 5.32 Å². The number of para-hydroxylation sites is 2. The molecule has 26 heavy (non-hydrogen) atoms. The first-order valence-electron chi connectivity index (χ1n) is 8.07. The van der Waals surface area contributed by atoms with Gasteiger partial charge in [-0.1, -0.05) is 23.7 Å². The second-order valence-corrected chi connectivity index (χ2v) is 6.26. The molecule has 0 bridgehead atoms. The lowest BCUT2D eigenvalue weighted by Gasteiger charge is -2.24. The van der Waals surface area contributed by atoms with E-state index in [1.165, 1.54) is 7.11 Å². The zero-order valence-corrected chi connectivity index (χ0v) is 14.9. The van der Waals surface area contributed by atoms with Crippen molar-refractivity contribution in [2.45, 2.75) is 6.42 Å². The molecule has 2 aromatic carbocycles. The molecule has 136 valence electrons. The van der Waals surface area contributed by atoms with E-state index in [4.69, 9.17) is 25.8 Å². The number of methoxy groups -OCH3 is 1. The number of esters is 1. The highest BCUT2D eigenvalue weighted by atomic mass is 35.5. The minimum atomic E-state index is -0.481. The van der Waals surface area contributed by atoms with Gasteiger partial charge in [-0.25, -0.2) is 0 Å². The summed E-state index contributed by atoms with van der Waals surface area (Å²) in [4.78, 5) is 24.3. The molecule has 0 fully saturated rings. The van der Waals surface area contributed by atoms with Crippen LogP contribution in [0.25, 0.3) is 0 Å². The summed E-state index contributed by atoms with van der Waals surface area (Å²) in [5, 5.41) is 3.23. The Morgan fingerprint density at radius 1 is 1.27 bits per heavy atom. The van der Waals surface area contributed by atoms with Crippen LogP contribution in [-0.2, 0) is 20.7 Å². The lowest BCUT2D eigenvalue weighted by Crippen LogP contribution is -2.32. The number of hydrogen-bond acceptors (Lipinski definition) is 5. The van der Waals surface area contributed by atoms with E-state index in [0.29, 0.717) is 28.6 Å². The van der Waals surface area contributed by atoms with E-state index >= 15 is 0 Å². The van der Waals surface area contributed by atoms with Crippen LogP contribution in [0, 0.1) is 5.92 Å². The van der Waals surface area contributed by atoms with E-state index in [9.17, 15) is 9.59 Å². The van der Waals surface area contributed by atoms with Crippen LogP contribution in [0.5, 0.6) is 11.5 Å². The van der Waals surface area contributed by atoms with Crippen LogP contribution in [0.1, 0.15) is 5.56 Å². The van der Waals surface area contributed by atoms with Crippen molar-refractivity contribution >= 4 is 29.2 Å². The number of nitrogens with one attached hydrogen (secondary N) is 1. The number of halogens is 1. The number of anilines is 1. The minimum Gasteiger partial charge on any atom is -0.495 e. The number of hydrogen-bond donors (Lipinski definition) is 1. The minimum absolute atomic E-state index is 0.210. The average molecular weight is 376 g/mol. The van der Waals surface area contributed by atoms with Gasteiger partial charge in [-0.3, -0.25) is 9.59 Å². The van der Waals surface area contributed by atoms with Gasteiger partial charge in [0.15, 0.2) is 6.61 Å². The molecule has 0 saturated carbocycles. The molecule has 0 spiro atoms. The number of fused-ring (bicyclic) bond motifs is 1. The van der Waals surface area contributed by atoms with Gasteiger partial charge >= 0.3 is 5.97 Å². The van der Waals surface area contributed by atoms with Crippen molar-refractivity contribution in [2.75, 3.05) is 25.6 Å². The van der Waals surface area contributed by atoms with Crippen LogP contribution in [0.15, 0.2) is 42.5 Å². The standard InChI is InChI=1S/C19H18ClNO5/c1-24-17-5-3-2-4-15(17)21-18(22)11-26-19(23)13-8-12-9-14(20)6-7-16(12)25-10-13/h2-7,9,13H,8,10-11H2,1H3,(H,21,22)/t13-/m0/s1. The van der Waals surface area contributed by atoms with Crippen molar-refractivity contribution in [3.8, 4) is 11.5 Å². The summed E-state index contributed by atoms with van der Waals surface area (Å²) in [6.07, 6.45) is 0.461. The smallest absolute Gasteiger partial charge is 0.313 e. The highest BCUT2D eigenvalue weighted by Crippen LogP contribution is 2.30. The summed E-state index contributed by atoms with van der Waals surface area (Å²) < 4.78 is 15.9. The summed E-state index contributed by atoms with van der Waals surface area (Å²) in [6, 6.07) is 12.3. The molecular weight excluding hydrogens is 358 g/mol. The highest BCUT2D eigenvalue weighted by Gasteiger charge is 2.28. The Balaban J connectivity index is 1.53. The Bertz CT molecular complexity index is 823. The van der Waals surface area contributed by atoms with Gasteiger partial charge in [0.25, 0.3) is 5.91 Å². The van der Waals surface area contributed by atoms with E-state index in [1.807, 2.05) is 0 Å². The summed E-state index contributed by atoms with van der Waals surface area (Å²) in [5.74, 6) is -0.150. The van der Waals surface area contributed by atoms with Gasteiger partial charge in [0, 0.05) is 5.02 Å².